The van der Waals surface area contributed by atoms with Gasteiger partial charge in [0.05, 0.1) is 6.04 Å². The van der Waals surface area contributed by atoms with E-state index >= 15 is 0 Å². The maximum atomic E-state index is 13.6. The summed E-state index contributed by atoms with van der Waals surface area (Å²) in [5, 5.41) is 6.21. The van der Waals surface area contributed by atoms with Crippen molar-refractivity contribution in [2.45, 2.75) is 51.1 Å². The van der Waals surface area contributed by atoms with Gasteiger partial charge in [-0.1, -0.05) is 18.9 Å². The van der Waals surface area contributed by atoms with Crippen LogP contribution in [-0.2, 0) is 11.3 Å². The second kappa shape index (κ2) is 9.30. The first kappa shape index (κ1) is 20.4. The monoisotopic (exact) mass is 419 g/mol. The molecule has 1 amide bonds. The minimum Gasteiger partial charge on any atom is -0.346 e. The van der Waals surface area contributed by atoms with Crippen molar-refractivity contribution < 1.29 is 13.6 Å². The van der Waals surface area contributed by atoms with Gasteiger partial charge < -0.3 is 5.32 Å². The molecule has 29 heavy (non-hydrogen) atoms. The summed E-state index contributed by atoms with van der Waals surface area (Å²) in [5.74, 6) is -1.09. The molecule has 1 saturated heterocycles. The summed E-state index contributed by atoms with van der Waals surface area (Å²) >= 11 is 1.58. The number of rotatable bonds is 6. The molecule has 4 rings (SSSR count). The molecule has 1 aliphatic heterocycles. The SMILES string of the molecule is O=C(N[C@@H](c1nccs1)[C@@H]1CCCN(Cc2ccc(F)c(F)c2)C1)C1CCCC1. The van der Waals surface area contributed by atoms with Crippen molar-refractivity contribution in [3.05, 3.63) is 52.0 Å². The van der Waals surface area contributed by atoms with Gasteiger partial charge in [-0.05, 0) is 55.8 Å². The van der Waals surface area contributed by atoms with Crippen molar-refractivity contribution in [2.75, 3.05) is 13.1 Å². The highest BCUT2D eigenvalue weighted by molar-refractivity contribution is 7.09. The Morgan fingerprint density at radius 1 is 1.21 bits per heavy atom. The predicted molar refractivity (Wildman–Crippen MR) is 109 cm³/mol. The van der Waals surface area contributed by atoms with Crippen molar-refractivity contribution in [1.82, 2.24) is 15.2 Å². The number of likely N-dealkylation sites (tertiary alicyclic amines) is 1. The quantitative estimate of drug-likeness (QED) is 0.739. The second-order valence-corrected chi connectivity index (χ2v) is 9.15. The fourth-order valence-electron chi connectivity index (χ4n) is 4.63. The third kappa shape index (κ3) is 5.01. The summed E-state index contributed by atoms with van der Waals surface area (Å²) in [6.07, 6.45) is 8.03. The van der Waals surface area contributed by atoms with Crippen molar-refractivity contribution in [3.8, 4) is 0 Å². The lowest BCUT2D eigenvalue weighted by Gasteiger charge is -2.37. The van der Waals surface area contributed by atoms with Crippen LogP contribution in [0.25, 0.3) is 0 Å². The number of hydrogen-bond acceptors (Lipinski definition) is 4. The van der Waals surface area contributed by atoms with Crippen LogP contribution in [0.4, 0.5) is 8.78 Å². The van der Waals surface area contributed by atoms with E-state index in [0.29, 0.717) is 6.54 Å². The third-order valence-corrected chi connectivity index (χ3v) is 7.00. The Bertz CT molecular complexity index is 823. The molecule has 2 atom stereocenters. The molecule has 1 saturated carbocycles. The van der Waals surface area contributed by atoms with Gasteiger partial charge in [0.2, 0.25) is 5.91 Å². The Morgan fingerprint density at radius 3 is 2.76 bits per heavy atom. The molecular formula is C22H27F2N3OS. The third-order valence-electron chi connectivity index (χ3n) is 6.14. The largest absolute Gasteiger partial charge is 0.346 e. The average molecular weight is 420 g/mol. The van der Waals surface area contributed by atoms with E-state index in [-0.39, 0.29) is 23.8 Å². The molecule has 0 unspecified atom stereocenters. The Balaban J connectivity index is 1.45. The van der Waals surface area contributed by atoms with Crippen LogP contribution < -0.4 is 5.32 Å². The highest BCUT2D eigenvalue weighted by atomic mass is 32.1. The fourth-order valence-corrected chi connectivity index (χ4v) is 5.41. The molecule has 7 heteroatoms. The van der Waals surface area contributed by atoms with E-state index in [1.54, 1.807) is 23.6 Å². The molecule has 2 aromatic rings. The van der Waals surface area contributed by atoms with Crippen LogP contribution >= 0.6 is 11.3 Å². The number of halogens is 2. The molecule has 0 spiro atoms. The van der Waals surface area contributed by atoms with Crippen molar-refractivity contribution in [3.63, 3.8) is 0 Å². The zero-order valence-corrected chi connectivity index (χ0v) is 17.3. The molecule has 1 N–H and O–H groups in total. The van der Waals surface area contributed by atoms with Crippen LogP contribution in [0, 0.1) is 23.5 Å². The molecular weight excluding hydrogens is 392 g/mol. The van der Waals surface area contributed by atoms with Crippen LogP contribution in [0.5, 0.6) is 0 Å². The lowest BCUT2D eigenvalue weighted by atomic mass is 9.90. The van der Waals surface area contributed by atoms with Crippen LogP contribution in [-0.4, -0.2) is 28.9 Å². The average Bonchev–Trinajstić information content (AvgIpc) is 3.43. The van der Waals surface area contributed by atoms with Gasteiger partial charge >= 0.3 is 0 Å². The second-order valence-electron chi connectivity index (χ2n) is 8.22. The van der Waals surface area contributed by atoms with Gasteiger partial charge in [0.15, 0.2) is 11.6 Å². The summed E-state index contributed by atoms with van der Waals surface area (Å²) in [5.41, 5.74) is 0.769. The molecule has 4 nitrogen and oxygen atoms in total. The zero-order chi connectivity index (χ0) is 20.2. The lowest BCUT2D eigenvalue weighted by Crippen LogP contribution is -2.43. The topological polar surface area (TPSA) is 45.2 Å². The maximum absolute atomic E-state index is 13.6. The fraction of sp³-hybridized carbons (Fsp3) is 0.545. The van der Waals surface area contributed by atoms with Crippen molar-refractivity contribution in [1.29, 1.82) is 0 Å². The van der Waals surface area contributed by atoms with Gasteiger partial charge in [0, 0.05) is 30.6 Å². The van der Waals surface area contributed by atoms with E-state index in [1.807, 2.05) is 5.38 Å². The molecule has 1 aromatic heterocycles. The summed E-state index contributed by atoms with van der Waals surface area (Å²) < 4.78 is 26.8. The number of benzene rings is 1. The summed E-state index contributed by atoms with van der Waals surface area (Å²) in [6.45, 7) is 2.29. The first-order valence-corrected chi connectivity index (χ1v) is 11.3. The molecule has 2 aliphatic rings. The van der Waals surface area contributed by atoms with Crippen LogP contribution in [0.1, 0.15) is 55.1 Å². The van der Waals surface area contributed by atoms with Crippen LogP contribution in [0.2, 0.25) is 0 Å². The van der Waals surface area contributed by atoms with Gasteiger partial charge in [-0.2, -0.15) is 0 Å². The Hall–Kier alpha value is -1.86. The Morgan fingerprint density at radius 2 is 2.03 bits per heavy atom. The standard InChI is InChI=1S/C22H27F2N3OS/c23-18-8-7-15(12-19(18)24)13-27-10-3-6-17(14-27)20(22-25-9-11-29-22)26-21(28)16-4-1-2-5-16/h7-9,11-12,16-17,20H,1-6,10,13-14H2,(H,26,28)/t17-,20-/m1/s1. The van der Waals surface area contributed by atoms with E-state index in [0.717, 1.165) is 62.2 Å². The molecule has 156 valence electrons. The van der Waals surface area contributed by atoms with E-state index in [1.165, 1.54) is 12.1 Å². The minimum atomic E-state index is -0.816. The van der Waals surface area contributed by atoms with E-state index in [2.05, 4.69) is 15.2 Å². The highest BCUT2D eigenvalue weighted by Gasteiger charge is 2.33. The molecule has 2 heterocycles. The number of thiazole rings is 1. The smallest absolute Gasteiger partial charge is 0.223 e. The molecule has 1 aromatic carbocycles. The lowest BCUT2D eigenvalue weighted by molar-refractivity contribution is -0.126. The van der Waals surface area contributed by atoms with Gasteiger partial charge in [0.1, 0.15) is 5.01 Å². The van der Waals surface area contributed by atoms with E-state index in [4.69, 9.17) is 0 Å². The summed E-state index contributed by atoms with van der Waals surface area (Å²) in [4.78, 5) is 19.6. The van der Waals surface area contributed by atoms with Gasteiger partial charge in [-0.15, -0.1) is 11.3 Å². The molecule has 0 bridgehead atoms. The number of hydrogen-bond donors (Lipinski definition) is 1. The first-order valence-electron chi connectivity index (χ1n) is 10.5. The summed E-state index contributed by atoms with van der Waals surface area (Å²) in [6, 6.07) is 4.02. The van der Waals surface area contributed by atoms with Crippen LogP contribution in [0.15, 0.2) is 29.8 Å². The summed E-state index contributed by atoms with van der Waals surface area (Å²) in [7, 11) is 0. The Labute approximate surface area is 174 Å². The first-order chi connectivity index (χ1) is 14.1. The number of carbonyl (C=O) groups is 1. The minimum absolute atomic E-state index is 0.0872. The normalized spacial score (nSPS) is 21.9. The van der Waals surface area contributed by atoms with E-state index < -0.39 is 11.6 Å². The number of amides is 1. The van der Waals surface area contributed by atoms with Gasteiger partial charge in [0.25, 0.3) is 0 Å². The molecule has 1 aliphatic carbocycles. The predicted octanol–water partition coefficient (Wildman–Crippen LogP) is 4.68. The molecule has 0 radical (unpaired) electrons. The van der Waals surface area contributed by atoms with Gasteiger partial charge in [-0.25, -0.2) is 13.8 Å². The van der Waals surface area contributed by atoms with Gasteiger partial charge in [-0.3, -0.25) is 9.69 Å². The zero-order valence-electron chi connectivity index (χ0n) is 16.4. The molecule has 2 fully saturated rings. The number of carbonyl (C=O) groups excluding carboxylic acids is 1. The number of nitrogens with zero attached hydrogens (tertiary/aromatic N) is 2. The highest BCUT2D eigenvalue weighted by Crippen LogP contribution is 2.33. The van der Waals surface area contributed by atoms with E-state index in [9.17, 15) is 13.6 Å². The Kier molecular flexibility index (Phi) is 6.55. The van der Waals surface area contributed by atoms with Crippen molar-refractivity contribution >= 4 is 17.2 Å². The van der Waals surface area contributed by atoms with Crippen molar-refractivity contribution in [2.24, 2.45) is 11.8 Å². The number of piperidine rings is 1. The number of aromatic nitrogens is 1. The maximum Gasteiger partial charge on any atom is 0.223 e. The number of nitrogens with one attached hydrogen (secondary N) is 1. The van der Waals surface area contributed by atoms with Crippen LogP contribution in [0.3, 0.4) is 0 Å².